The highest BCUT2D eigenvalue weighted by Gasteiger charge is 2.20. The lowest BCUT2D eigenvalue weighted by atomic mass is 10.3. The van der Waals surface area contributed by atoms with Gasteiger partial charge in [0.1, 0.15) is 0 Å². The summed E-state index contributed by atoms with van der Waals surface area (Å²) in [5, 5.41) is 5.80. The molecule has 0 unspecified atom stereocenters. The Labute approximate surface area is 141 Å². The van der Waals surface area contributed by atoms with Gasteiger partial charge in [0.2, 0.25) is 11.8 Å². The second-order valence-corrected chi connectivity index (χ2v) is 6.64. The Kier molecular flexibility index (Phi) is 6.73. The molecule has 1 aliphatic heterocycles. The molecule has 0 atom stereocenters. The number of carbonyl (C=O) groups excluding carboxylic acids is 2. The second-order valence-electron chi connectivity index (χ2n) is 5.58. The number of hydrogen-bond donors (Lipinski definition) is 1. The topological polar surface area (TPSA) is 65.5 Å². The molecule has 1 N–H and O–H groups in total. The summed E-state index contributed by atoms with van der Waals surface area (Å²) >= 11 is 1.57. The molecule has 7 heteroatoms. The number of hydrogen-bond acceptors (Lipinski definition) is 5. The Balaban J connectivity index is 1.74. The molecule has 1 aromatic rings. The fourth-order valence-electron chi connectivity index (χ4n) is 2.37. The lowest BCUT2D eigenvalue weighted by Gasteiger charge is -2.33. The summed E-state index contributed by atoms with van der Waals surface area (Å²) in [6.45, 7) is 7.88. The Morgan fingerprint density at radius 2 is 2.09 bits per heavy atom. The van der Waals surface area contributed by atoms with E-state index in [9.17, 15) is 9.59 Å². The second kappa shape index (κ2) is 8.79. The molecule has 23 heavy (non-hydrogen) atoms. The van der Waals surface area contributed by atoms with E-state index in [-0.39, 0.29) is 11.8 Å². The number of nitrogens with zero attached hydrogens (tertiary/aromatic N) is 3. The quantitative estimate of drug-likeness (QED) is 0.791. The van der Waals surface area contributed by atoms with Gasteiger partial charge < -0.3 is 10.2 Å². The zero-order valence-corrected chi connectivity index (χ0v) is 14.6. The molecule has 2 rings (SSSR count). The van der Waals surface area contributed by atoms with Crippen LogP contribution in [-0.2, 0) is 9.59 Å². The molecule has 1 aliphatic rings. The normalized spacial score (nSPS) is 16.0. The van der Waals surface area contributed by atoms with Gasteiger partial charge in [0.25, 0.3) is 0 Å². The average Bonchev–Trinajstić information content (AvgIpc) is 2.97. The maximum atomic E-state index is 12.2. The van der Waals surface area contributed by atoms with Crippen molar-refractivity contribution in [1.29, 1.82) is 0 Å². The van der Waals surface area contributed by atoms with Crippen molar-refractivity contribution in [1.82, 2.24) is 20.1 Å². The van der Waals surface area contributed by atoms with Crippen LogP contribution in [-0.4, -0.2) is 65.9 Å². The largest absolute Gasteiger partial charge is 0.355 e. The maximum Gasteiger partial charge on any atom is 0.246 e. The van der Waals surface area contributed by atoms with Gasteiger partial charge in [-0.1, -0.05) is 6.92 Å². The van der Waals surface area contributed by atoms with Crippen LogP contribution in [0.4, 0.5) is 0 Å². The summed E-state index contributed by atoms with van der Waals surface area (Å²) in [5.74, 6) is 0.0659. The Hall–Kier alpha value is -1.73. The van der Waals surface area contributed by atoms with E-state index < -0.39 is 0 Å². The van der Waals surface area contributed by atoms with Gasteiger partial charge in [0, 0.05) is 44.2 Å². The Morgan fingerprint density at radius 3 is 2.70 bits per heavy atom. The first-order valence-corrected chi connectivity index (χ1v) is 8.84. The van der Waals surface area contributed by atoms with Crippen molar-refractivity contribution in [2.24, 2.45) is 0 Å². The van der Waals surface area contributed by atoms with Gasteiger partial charge in [0.15, 0.2) is 0 Å². The maximum absolute atomic E-state index is 12.2. The first-order chi connectivity index (χ1) is 11.1. The number of piperazine rings is 1. The molecule has 0 bridgehead atoms. The number of aryl methyl sites for hydroxylation is 1. The summed E-state index contributed by atoms with van der Waals surface area (Å²) in [4.78, 5) is 32.1. The average molecular weight is 336 g/mol. The van der Waals surface area contributed by atoms with E-state index in [0.717, 1.165) is 36.8 Å². The number of nitrogens with one attached hydrogen (secondary N) is 1. The zero-order chi connectivity index (χ0) is 16.7. The van der Waals surface area contributed by atoms with Crippen molar-refractivity contribution >= 4 is 29.2 Å². The lowest BCUT2D eigenvalue weighted by molar-refractivity contribution is -0.128. The van der Waals surface area contributed by atoms with Gasteiger partial charge in [0.05, 0.1) is 17.2 Å². The lowest BCUT2D eigenvalue weighted by Crippen LogP contribution is -2.50. The summed E-state index contributed by atoms with van der Waals surface area (Å²) in [6, 6.07) is 0. The van der Waals surface area contributed by atoms with Crippen LogP contribution in [0.15, 0.2) is 11.5 Å². The highest BCUT2D eigenvalue weighted by Crippen LogP contribution is 2.10. The van der Waals surface area contributed by atoms with Crippen molar-refractivity contribution in [3.8, 4) is 0 Å². The zero-order valence-electron chi connectivity index (χ0n) is 13.7. The van der Waals surface area contributed by atoms with Crippen LogP contribution in [0.3, 0.4) is 0 Å². The molecule has 1 aromatic heterocycles. The molecule has 0 aliphatic carbocycles. The molecule has 0 radical (unpaired) electrons. The van der Waals surface area contributed by atoms with Crippen LogP contribution < -0.4 is 5.32 Å². The van der Waals surface area contributed by atoms with Gasteiger partial charge in [-0.25, -0.2) is 4.98 Å². The van der Waals surface area contributed by atoms with Crippen LogP contribution in [0, 0.1) is 6.92 Å². The molecule has 2 amide bonds. The smallest absolute Gasteiger partial charge is 0.246 e. The third kappa shape index (κ3) is 5.76. The van der Waals surface area contributed by atoms with Gasteiger partial charge in [-0.05, 0) is 19.4 Å². The van der Waals surface area contributed by atoms with E-state index in [1.54, 1.807) is 23.5 Å². The molecule has 0 spiro atoms. The number of carbonyl (C=O) groups is 2. The monoisotopic (exact) mass is 336 g/mol. The molecule has 1 saturated heterocycles. The minimum atomic E-state index is 0.00531. The number of rotatable bonds is 6. The summed E-state index contributed by atoms with van der Waals surface area (Å²) in [6.07, 6.45) is 4.29. The van der Waals surface area contributed by atoms with Crippen molar-refractivity contribution in [2.45, 2.75) is 20.3 Å². The van der Waals surface area contributed by atoms with Crippen molar-refractivity contribution in [3.63, 3.8) is 0 Å². The summed E-state index contributed by atoms with van der Waals surface area (Å²) < 4.78 is 0. The third-order valence-electron chi connectivity index (χ3n) is 3.66. The number of aromatic nitrogens is 1. The standard InChI is InChI=1S/C16H24N4O2S/c1-3-6-17-15(21)11-19-7-9-20(10-8-19)16(22)5-4-14-12-23-13(2)18-14/h4-5,12H,3,6-11H2,1-2H3,(H,17,21)/b5-4+. The molecule has 1 fully saturated rings. The van der Waals surface area contributed by atoms with Gasteiger partial charge >= 0.3 is 0 Å². The van der Waals surface area contributed by atoms with E-state index in [1.165, 1.54) is 0 Å². The predicted octanol–water partition coefficient (Wildman–Crippen LogP) is 1.14. The van der Waals surface area contributed by atoms with Gasteiger partial charge in [-0.3, -0.25) is 14.5 Å². The van der Waals surface area contributed by atoms with E-state index in [2.05, 4.69) is 15.2 Å². The number of amides is 2. The third-order valence-corrected chi connectivity index (χ3v) is 4.45. The summed E-state index contributed by atoms with van der Waals surface area (Å²) in [5.41, 5.74) is 0.826. The first-order valence-electron chi connectivity index (χ1n) is 7.96. The molecule has 6 nitrogen and oxygen atoms in total. The molecular weight excluding hydrogens is 312 g/mol. The van der Waals surface area contributed by atoms with Crippen LogP contribution in [0.5, 0.6) is 0 Å². The highest BCUT2D eigenvalue weighted by molar-refractivity contribution is 7.09. The molecule has 2 heterocycles. The van der Waals surface area contributed by atoms with Gasteiger partial charge in [-0.15, -0.1) is 11.3 Å². The Bertz CT molecular complexity index is 562. The first kappa shape index (κ1) is 17.6. The Morgan fingerprint density at radius 1 is 1.35 bits per heavy atom. The van der Waals surface area contributed by atoms with Crippen molar-refractivity contribution in [3.05, 3.63) is 22.2 Å². The van der Waals surface area contributed by atoms with Crippen LogP contribution in [0.1, 0.15) is 24.0 Å². The minimum Gasteiger partial charge on any atom is -0.355 e. The molecule has 0 aromatic carbocycles. The molecular formula is C16H24N4O2S. The minimum absolute atomic E-state index is 0.00531. The van der Waals surface area contributed by atoms with Crippen LogP contribution in [0.2, 0.25) is 0 Å². The van der Waals surface area contributed by atoms with Crippen LogP contribution in [0.25, 0.3) is 6.08 Å². The van der Waals surface area contributed by atoms with Crippen molar-refractivity contribution in [2.75, 3.05) is 39.3 Å². The predicted molar refractivity (Wildman–Crippen MR) is 92.2 cm³/mol. The number of thiazole rings is 1. The van der Waals surface area contributed by atoms with E-state index >= 15 is 0 Å². The molecule has 0 saturated carbocycles. The van der Waals surface area contributed by atoms with E-state index in [4.69, 9.17) is 0 Å². The van der Waals surface area contributed by atoms with Crippen molar-refractivity contribution < 1.29 is 9.59 Å². The van der Waals surface area contributed by atoms with E-state index in [0.29, 0.717) is 19.6 Å². The molecule has 126 valence electrons. The highest BCUT2D eigenvalue weighted by atomic mass is 32.1. The van der Waals surface area contributed by atoms with Crippen LogP contribution >= 0.6 is 11.3 Å². The fraction of sp³-hybridized carbons (Fsp3) is 0.562. The SMILES string of the molecule is CCCNC(=O)CN1CCN(C(=O)/C=C/c2csc(C)n2)CC1. The van der Waals surface area contributed by atoms with Gasteiger partial charge in [-0.2, -0.15) is 0 Å². The fourth-order valence-corrected chi connectivity index (χ4v) is 2.95. The van der Waals surface area contributed by atoms with E-state index in [1.807, 2.05) is 24.1 Å². The summed E-state index contributed by atoms with van der Waals surface area (Å²) in [7, 11) is 0.